The zero-order valence-corrected chi connectivity index (χ0v) is 50.8. The first kappa shape index (κ1) is 80.4. The minimum Gasteiger partial charge on any atom is -0.772 e. The van der Waals surface area contributed by atoms with Crippen LogP contribution in [0.1, 0.15) is 56.9 Å². The van der Waals surface area contributed by atoms with Crippen molar-refractivity contribution in [2.45, 2.75) is 180 Å². The zero-order chi connectivity index (χ0) is 59.0. The fourth-order valence-corrected chi connectivity index (χ4v) is 9.24. The van der Waals surface area contributed by atoms with E-state index < -0.39 is 164 Å². The summed E-state index contributed by atoms with van der Waals surface area (Å²) < 4.78 is 70.3. The smallest absolute Gasteiger partial charge is 0.772 e. The third-order valence-corrected chi connectivity index (χ3v) is 14.4. The van der Waals surface area contributed by atoms with Crippen molar-refractivity contribution in [3.05, 3.63) is 34.9 Å². The maximum absolute atomic E-state index is 12.2. The molecule has 1 aromatic carbocycles. The van der Waals surface area contributed by atoms with Gasteiger partial charge in [0.25, 0.3) is 0 Å². The predicted octanol–water partition coefficient (Wildman–Crippen LogP) is -14.6. The molecule has 19 N–H and O–H groups in total. The molecule has 4 heterocycles. The van der Waals surface area contributed by atoms with Gasteiger partial charge in [-0.15, -0.1) is 0 Å². The largest absolute Gasteiger partial charge is 1.00 e. The summed E-state index contributed by atoms with van der Waals surface area (Å²) in [6.07, 6.45) is -22.4. The quantitative estimate of drug-likeness (QED) is 0.0369. The minimum atomic E-state index is -2.06. The Labute approximate surface area is 515 Å². The van der Waals surface area contributed by atoms with Crippen LogP contribution in [-0.4, -0.2) is 296 Å². The molecule has 5 fully saturated rings. The summed E-state index contributed by atoms with van der Waals surface area (Å²) in [6, 6.07) is 7.62. The van der Waals surface area contributed by atoms with E-state index >= 15 is 0 Å². The SMILES string of the molecule is CNC1(c2ccccc2Cl)CCCCC1=O.O=S([O-])CCCCOCC1OC(O)C(O)C(O)C1O.O=S([O-])CCCCOCC1OC(O)C(O)C(O)C1O.OCC1OC(O)C(O)C(O)C1O.OCC1OC(O)C(O)C(O)C1O.[Na+].[Na+]. The van der Waals surface area contributed by atoms with E-state index in [2.05, 4.69) is 14.8 Å². The van der Waals surface area contributed by atoms with Crippen LogP contribution >= 0.6 is 11.6 Å². The number of ketones is 1. The second-order valence-electron chi connectivity index (χ2n) is 18.4. The van der Waals surface area contributed by atoms with Crippen LogP contribution < -0.4 is 64.4 Å². The number of aliphatic hydroxyl groups is 18. The van der Waals surface area contributed by atoms with Crippen molar-refractivity contribution >= 4 is 39.5 Å². The van der Waals surface area contributed by atoms with E-state index in [4.69, 9.17) is 81.6 Å². The van der Waals surface area contributed by atoms with Crippen molar-refractivity contribution in [1.29, 1.82) is 0 Å². The average molecular weight is 1240 g/mol. The summed E-state index contributed by atoms with van der Waals surface area (Å²) in [4.78, 5) is 12.2. The van der Waals surface area contributed by atoms with Crippen LogP contribution in [0.25, 0.3) is 0 Å². The van der Waals surface area contributed by atoms with Crippen LogP contribution in [0, 0.1) is 0 Å². The van der Waals surface area contributed by atoms with Crippen LogP contribution in [-0.2, 0) is 60.9 Å². The summed E-state index contributed by atoms with van der Waals surface area (Å²) in [5.41, 5.74) is 0.361. The van der Waals surface area contributed by atoms with Gasteiger partial charge in [0.15, 0.2) is 30.9 Å². The van der Waals surface area contributed by atoms with Crippen molar-refractivity contribution in [3.63, 3.8) is 0 Å². The van der Waals surface area contributed by atoms with Gasteiger partial charge >= 0.3 is 59.1 Å². The number of carbonyl (C=O) groups is 1. The van der Waals surface area contributed by atoms with Crippen molar-refractivity contribution in [3.8, 4) is 0 Å². The molecule has 0 amide bonds. The Kier molecular flexibility index (Phi) is 41.7. The molecule has 30 nitrogen and oxygen atoms in total. The summed E-state index contributed by atoms with van der Waals surface area (Å²) in [7, 11) is 1.84. The molecule has 6 rings (SSSR count). The first-order valence-corrected chi connectivity index (χ1v) is 27.6. The number of halogens is 1. The molecule has 1 aromatic rings. The normalized spacial score (nSPS) is 37.6. The number of benzene rings is 1. The molecule has 458 valence electrons. The first-order valence-electron chi connectivity index (χ1n) is 24.7. The molecule has 0 radical (unpaired) electrons. The molecule has 23 atom stereocenters. The molecule has 4 aliphatic heterocycles. The van der Waals surface area contributed by atoms with E-state index in [0.29, 0.717) is 37.1 Å². The van der Waals surface area contributed by atoms with Gasteiger partial charge in [-0.2, -0.15) is 0 Å². The van der Waals surface area contributed by atoms with Crippen molar-refractivity contribution < 1.29 is 202 Å². The first-order chi connectivity index (χ1) is 36.7. The Bertz CT molecular complexity index is 1790. The minimum absolute atomic E-state index is 0. The monoisotopic (exact) mass is 1240 g/mol. The van der Waals surface area contributed by atoms with E-state index in [1.807, 2.05) is 31.3 Å². The summed E-state index contributed by atoms with van der Waals surface area (Å²) in [5.74, 6) is 0.389. The predicted molar refractivity (Wildman–Crippen MR) is 263 cm³/mol. The van der Waals surface area contributed by atoms with Crippen molar-refractivity contribution in [2.75, 3.05) is 58.2 Å². The maximum Gasteiger partial charge on any atom is 1.00 e. The topological polar surface area (TPSA) is 529 Å². The van der Waals surface area contributed by atoms with Gasteiger partial charge < -0.3 is 135 Å². The van der Waals surface area contributed by atoms with Gasteiger partial charge in [0.1, 0.15) is 103 Å². The van der Waals surface area contributed by atoms with Gasteiger partial charge in [-0.05, 0) is 57.2 Å². The van der Waals surface area contributed by atoms with Crippen LogP contribution in [0.3, 0.4) is 0 Å². The number of hydrogen-bond donors (Lipinski definition) is 19. The maximum atomic E-state index is 12.2. The molecule has 1 aliphatic carbocycles. The number of rotatable bonds is 18. The Hall–Kier alpha value is 0.400. The van der Waals surface area contributed by atoms with Gasteiger partial charge in [-0.1, -0.05) is 58.4 Å². The number of likely N-dealkylation sites (N-methyl/N-ethyl adjacent to an activating group) is 1. The van der Waals surface area contributed by atoms with E-state index in [1.165, 1.54) is 0 Å². The van der Waals surface area contributed by atoms with E-state index in [0.717, 1.165) is 24.8 Å². The van der Waals surface area contributed by atoms with Crippen molar-refractivity contribution in [1.82, 2.24) is 5.32 Å². The molecular formula is C45H78ClNNa2O29S2. The van der Waals surface area contributed by atoms with Gasteiger partial charge in [0.2, 0.25) is 0 Å². The van der Waals surface area contributed by atoms with Gasteiger partial charge in [-0.3, -0.25) is 13.2 Å². The Morgan fingerprint density at radius 1 is 0.550 bits per heavy atom. The molecule has 23 unspecified atom stereocenters. The molecule has 0 spiro atoms. The third kappa shape index (κ3) is 25.2. The summed E-state index contributed by atoms with van der Waals surface area (Å²) >= 11 is 2.08. The number of hydrogen-bond acceptors (Lipinski definition) is 30. The van der Waals surface area contributed by atoms with Gasteiger partial charge in [0.05, 0.1) is 26.4 Å². The van der Waals surface area contributed by atoms with Crippen LogP contribution in [0.2, 0.25) is 5.02 Å². The molecule has 4 saturated heterocycles. The number of carbonyl (C=O) groups excluding carboxylic acids is 1. The number of Topliss-reactive ketones (excluding diaryl/α,β-unsaturated/α-hetero) is 1. The molecule has 1 saturated carbocycles. The standard InChI is InChI=1S/C13H16ClNO.2C10H20O8S.2C6H12O6.2Na/c1-15-13(9-5-4-8-12(13)16)10-6-2-3-7-11(10)14;2*11-7-6(18-10(14)9(13)8(7)12)5-17-3-1-2-4-19(15)16;2*7-1-2-3(8)4(9)5(10)6(11)12-2;;/h2-3,6-7,15H,4-5,8-9H2,1H3;2*6-14H,1-5H2,(H,15,16);2*2-11H,1H2;;/q;;;;;2*+1/p-2. The second kappa shape index (κ2) is 41.5. The molecule has 35 heteroatoms. The van der Waals surface area contributed by atoms with Crippen LogP contribution in [0.15, 0.2) is 24.3 Å². The molecule has 80 heavy (non-hydrogen) atoms. The molecular weight excluding hydrogens is 1160 g/mol. The van der Waals surface area contributed by atoms with Crippen LogP contribution in [0.5, 0.6) is 0 Å². The summed E-state index contributed by atoms with van der Waals surface area (Å²) in [6.45, 7) is -0.633. The number of ether oxygens (including phenoxy) is 6. The molecule has 0 aromatic heterocycles. The van der Waals surface area contributed by atoms with Crippen LogP contribution in [0.4, 0.5) is 0 Å². The Morgan fingerprint density at radius 2 is 0.887 bits per heavy atom. The Balaban J connectivity index is 0.000000981. The van der Waals surface area contributed by atoms with Gasteiger partial charge in [-0.25, -0.2) is 0 Å². The number of nitrogens with one attached hydrogen (secondary N) is 1. The molecule has 0 bridgehead atoms. The second-order valence-corrected chi connectivity index (χ2v) is 20.8. The number of aliphatic hydroxyl groups excluding tert-OH is 18. The molecule has 5 aliphatic rings. The number of unbranched alkanes of at least 4 members (excludes halogenated alkanes) is 2. The average Bonchev–Trinajstić information content (AvgIpc) is 3.41. The van der Waals surface area contributed by atoms with E-state index in [-0.39, 0.29) is 103 Å². The van der Waals surface area contributed by atoms with Crippen molar-refractivity contribution in [2.24, 2.45) is 0 Å². The van der Waals surface area contributed by atoms with E-state index in [1.54, 1.807) is 0 Å². The zero-order valence-electron chi connectivity index (χ0n) is 44.4. The fourth-order valence-electron chi connectivity index (χ4n) is 8.07. The van der Waals surface area contributed by atoms with E-state index in [9.17, 15) is 63.2 Å². The Morgan fingerprint density at radius 3 is 1.20 bits per heavy atom. The summed E-state index contributed by atoms with van der Waals surface area (Å²) in [5, 5.41) is 168. The van der Waals surface area contributed by atoms with Gasteiger partial charge in [0, 0.05) is 36.2 Å². The fraction of sp³-hybridized carbons (Fsp3) is 0.844. The third-order valence-electron chi connectivity index (χ3n) is 12.8.